The van der Waals surface area contributed by atoms with Crippen molar-refractivity contribution in [2.24, 2.45) is 5.90 Å². The number of rotatable bonds is 4. The van der Waals surface area contributed by atoms with Gasteiger partial charge >= 0.3 is 6.03 Å². The number of H-pyrrole nitrogens is 1. The standard InChI is InChI=1S/C16H22N4O2/c17-22-10-7-18-16(21)20-8-5-12(6-9-20)14-11-19-15-4-2-1-3-13(14)15/h1-4,11-12,19H,5-10,17H2,(H,18,21). The minimum Gasteiger partial charge on any atom is -0.361 e. The van der Waals surface area contributed by atoms with Crippen molar-refractivity contribution in [1.29, 1.82) is 0 Å². The molecule has 22 heavy (non-hydrogen) atoms. The third-order valence-electron chi connectivity index (χ3n) is 4.34. The van der Waals surface area contributed by atoms with Crippen LogP contribution in [-0.2, 0) is 4.84 Å². The molecule has 6 nitrogen and oxygen atoms in total. The van der Waals surface area contributed by atoms with Crippen molar-refractivity contribution in [1.82, 2.24) is 15.2 Å². The number of carbonyl (C=O) groups is 1. The summed E-state index contributed by atoms with van der Waals surface area (Å²) in [5.41, 5.74) is 2.55. The van der Waals surface area contributed by atoms with Crippen LogP contribution in [0.15, 0.2) is 30.5 Å². The molecule has 1 aromatic heterocycles. The van der Waals surface area contributed by atoms with Crippen LogP contribution < -0.4 is 11.2 Å². The molecule has 2 aromatic rings. The number of nitrogens with one attached hydrogen (secondary N) is 2. The number of benzene rings is 1. The molecule has 6 heteroatoms. The van der Waals surface area contributed by atoms with E-state index in [0.717, 1.165) is 25.9 Å². The highest BCUT2D eigenvalue weighted by molar-refractivity contribution is 5.83. The zero-order valence-corrected chi connectivity index (χ0v) is 12.5. The Kier molecular flexibility index (Phi) is 4.60. The van der Waals surface area contributed by atoms with E-state index in [1.807, 2.05) is 11.0 Å². The average molecular weight is 302 g/mol. The highest BCUT2D eigenvalue weighted by Gasteiger charge is 2.25. The molecular formula is C16H22N4O2. The number of aromatic nitrogens is 1. The Morgan fingerprint density at radius 2 is 2.14 bits per heavy atom. The zero-order chi connectivity index (χ0) is 15.4. The lowest BCUT2D eigenvalue weighted by atomic mass is 9.89. The summed E-state index contributed by atoms with van der Waals surface area (Å²) in [6.45, 7) is 2.33. The maximum Gasteiger partial charge on any atom is 0.317 e. The van der Waals surface area contributed by atoms with E-state index in [0.29, 0.717) is 19.1 Å². The number of nitrogens with zero attached hydrogens (tertiary/aromatic N) is 1. The molecule has 4 N–H and O–H groups in total. The topological polar surface area (TPSA) is 83.4 Å². The Morgan fingerprint density at radius 1 is 1.36 bits per heavy atom. The van der Waals surface area contributed by atoms with Gasteiger partial charge in [-0.3, -0.25) is 0 Å². The summed E-state index contributed by atoms with van der Waals surface area (Å²) in [5.74, 6) is 5.45. The Bertz CT molecular complexity index is 632. The number of para-hydroxylation sites is 1. The summed E-state index contributed by atoms with van der Waals surface area (Å²) >= 11 is 0. The van der Waals surface area contributed by atoms with Crippen LogP contribution in [0.3, 0.4) is 0 Å². The first-order chi connectivity index (χ1) is 10.8. The second-order valence-electron chi connectivity index (χ2n) is 5.65. The van der Waals surface area contributed by atoms with Crippen LogP contribution in [0.4, 0.5) is 4.79 Å². The number of likely N-dealkylation sites (tertiary alicyclic amines) is 1. The number of urea groups is 1. The Labute approximate surface area is 129 Å². The number of nitrogens with two attached hydrogens (primary N) is 1. The predicted molar refractivity (Wildman–Crippen MR) is 85.4 cm³/mol. The first kappa shape index (κ1) is 14.9. The van der Waals surface area contributed by atoms with Crippen molar-refractivity contribution in [2.45, 2.75) is 18.8 Å². The van der Waals surface area contributed by atoms with Crippen LogP contribution in [0.25, 0.3) is 10.9 Å². The monoisotopic (exact) mass is 302 g/mol. The van der Waals surface area contributed by atoms with E-state index in [1.54, 1.807) is 0 Å². The van der Waals surface area contributed by atoms with Gasteiger partial charge in [-0.05, 0) is 30.4 Å². The molecule has 2 heterocycles. The molecule has 1 aliphatic heterocycles. The maximum atomic E-state index is 12.0. The van der Waals surface area contributed by atoms with E-state index in [4.69, 9.17) is 5.90 Å². The lowest BCUT2D eigenvalue weighted by Gasteiger charge is -2.32. The zero-order valence-electron chi connectivity index (χ0n) is 12.5. The second-order valence-corrected chi connectivity index (χ2v) is 5.65. The molecular weight excluding hydrogens is 280 g/mol. The molecule has 0 radical (unpaired) electrons. The highest BCUT2D eigenvalue weighted by atomic mass is 16.6. The van der Waals surface area contributed by atoms with Gasteiger partial charge in [-0.25, -0.2) is 10.7 Å². The van der Waals surface area contributed by atoms with Crippen molar-refractivity contribution < 1.29 is 9.63 Å². The van der Waals surface area contributed by atoms with Crippen LogP contribution in [0.5, 0.6) is 0 Å². The van der Waals surface area contributed by atoms with E-state index in [9.17, 15) is 4.79 Å². The number of hydrogen-bond donors (Lipinski definition) is 3. The summed E-state index contributed by atoms with van der Waals surface area (Å²) in [4.78, 5) is 21.6. The van der Waals surface area contributed by atoms with Crippen molar-refractivity contribution in [3.63, 3.8) is 0 Å². The van der Waals surface area contributed by atoms with Crippen molar-refractivity contribution in [3.8, 4) is 0 Å². The van der Waals surface area contributed by atoms with E-state index < -0.39 is 0 Å². The number of hydrogen-bond acceptors (Lipinski definition) is 3. The van der Waals surface area contributed by atoms with Gasteiger partial charge in [0.25, 0.3) is 0 Å². The fraction of sp³-hybridized carbons (Fsp3) is 0.438. The molecule has 0 spiro atoms. The molecule has 0 aliphatic carbocycles. The van der Waals surface area contributed by atoms with Gasteiger partial charge in [-0.2, -0.15) is 0 Å². The van der Waals surface area contributed by atoms with E-state index in [1.165, 1.54) is 16.5 Å². The van der Waals surface area contributed by atoms with Crippen LogP contribution in [0.1, 0.15) is 24.3 Å². The van der Waals surface area contributed by atoms with Crippen molar-refractivity contribution in [3.05, 3.63) is 36.0 Å². The molecule has 3 rings (SSSR count). The number of carbonyl (C=O) groups excluding carboxylic acids is 1. The van der Waals surface area contributed by atoms with Crippen LogP contribution in [0.2, 0.25) is 0 Å². The highest BCUT2D eigenvalue weighted by Crippen LogP contribution is 2.32. The van der Waals surface area contributed by atoms with Crippen molar-refractivity contribution in [2.75, 3.05) is 26.2 Å². The van der Waals surface area contributed by atoms with Gasteiger partial charge in [0.1, 0.15) is 0 Å². The molecule has 0 atom stereocenters. The Morgan fingerprint density at radius 3 is 2.91 bits per heavy atom. The average Bonchev–Trinajstić information content (AvgIpc) is 2.99. The molecule has 1 saturated heterocycles. The molecule has 1 aliphatic rings. The van der Waals surface area contributed by atoms with Crippen LogP contribution in [0, 0.1) is 0 Å². The Balaban J connectivity index is 1.59. The number of aromatic amines is 1. The normalized spacial score (nSPS) is 16.1. The SMILES string of the molecule is NOCCNC(=O)N1CCC(c2c[nH]c3ccccc23)CC1. The van der Waals surface area contributed by atoms with Crippen LogP contribution >= 0.6 is 0 Å². The third-order valence-corrected chi connectivity index (χ3v) is 4.34. The second kappa shape index (κ2) is 6.81. The number of amides is 2. The summed E-state index contributed by atoms with van der Waals surface area (Å²) in [6, 6.07) is 8.34. The minimum atomic E-state index is -0.0329. The van der Waals surface area contributed by atoms with Crippen LogP contribution in [-0.4, -0.2) is 42.2 Å². The molecule has 0 bridgehead atoms. The smallest absolute Gasteiger partial charge is 0.317 e. The molecule has 1 fully saturated rings. The first-order valence-corrected chi connectivity index (χ1v) is 7.70. The first-order valence-electron chi connectivity index (χ1n) is 7.70. The quantitative estimate of drug-likeness (QED) is 0.596. The van der Waals surface area contributed by atoms with Crippen molar-refractivity contribution >= 4 is 16.9 Å². The lowest BCUT2D eigenvalue weighted by molar-refractivity contribution is 0.135. The van der Waals surface area contributed by atoms with Gasteiger partial charge in [0.15, 0.2) is 0 Å². The number of piperidine rings is 1. The van der Waals surface area contributed by atoms with Gasteiger partial charge < -0.3 is 20.0 Å². The van der Waals surface area contributed by atoms with Gasteiger partial charge in [-0.15, -0.1) is 0 Å². The Hall–Kier alpha value is -2.05. The van der Waals surface area contributed by atoms with E-state index >= 15 is 0 Å². The summed E-state index contributed by atoms with van der Waals surface area (Å²) in [5, 5.41) is 4.11. The number of fused-ring (bicyclic) bond motifs is 1. The molecule has 0 saturated carbocycles. The van der Waals surface area contributed by atoms with E-state index in [-0.39, 0.29) is 6.03 Å². The molecule has 0 unspecified atom stereocenters. The maximum absolute atomic E-state index is 12.0. The fourth-order valence-corrected chi connectivity index (χ4v) is 3.15. The third kappa shape index (κ3) is 3.08. The minimum absolute atomic E-state index is 0.0329. The van der Waals surface area contributed by atoms with Gasteiger partial charge in [0.2, 0.25) is 0 Å². The van der Waals surface area contributed by atoms with Gasteiger partial charge in [-0.1, -0.05) is 18.2 Å². The summed E-state index contributed by atoms with van der Waals surface area (Å²) in [6.07, 6.45) is 4.09. The van der Waals surface area contributed by atoms with E-state index in [2.05, 4.69) is 39.5 Å². The molecule has 2 amide bonds. The summed E-state index contributed by atoms with van der Waals surface area (Å²) < 4.78 is 0. The molecule has 118 valence electrons. The summed E-state index contributed by atoms with van der Waals surface area (Å²) in [7, 11) is 0. The lowest BCUT2D eigenvalue weighted by Crippen LogP contribution is -2.45. The van der Waals surface area contributed by atoms with Gasteiger partial charge in [0.05, 0.1) is 6.61 Å². The predicted octanol–water partition coefficient (Wildman–Crippen LogP) is 1.95. The van der Waals surface area contributed by atoms with Gasteiger partial charge in [0, 0.05) is 36.7 Å². The molecule has 1 aromatic carbocycles. The largest absolute Gasteiger partial charge is 0.361 e. The fourth-order valence-electron chi connectivity index (χ4n) is 3.15.